The van der Waals surface area contributed by atoms with Gasteiger partial charge in [-0.25, -0.2) is 0 Å². The van der Waals surface area contributed by atoms with Crippen molar-refractivity contribution < 1.29 is 25.4 Å². The zero-order chi connectivity index (χ0) is 18.0. The monoisotopic (exact) mass is 373 g/mol. The molecule has 1 heterocycles. The third kappa shape index (κ3) is 3.63. The van der Waals surface area contributed by atoms with Crippen molar-refractivity contribution in [2.24, 2.45) is 0 Å². The first-order chi connectivity index (χ1) is 11.9. The maximum absolute atomic E-state index is 6.41. The molecule has 3 nitrogen and oxygen atoms in total. The van der Waals surface area contributed by atoms with Gasteiger partial charge in [-0.05, 0) is 0 Å². The van der Waals surface area contributed by atoms with E-state index in [1.54, 1.807) is 7.11 Å². The van der Waals surface area contributed by atoms with Gasteiger partial charge in [-0.2, -0.15) is 0 Å². The normalized spacial score (nSPS) is 18.3. The van der Waals surface area contributed by atoms with E-state index in [1.807, 2.05) is 24.3 Å². The van der Waals surface area contributed by atoms with Gasteiger partial charge in [-0.1, -0.05) is 0 Å². The Labute approximate surface area is 157 Å². The zero-order valence-corrected chi connectivity index (χ0v) is 16.3. The number of hydrogen-bond donors (Lipinski definition) is 0. The molecule has 0 saturated heterocycles. The molecule has 0 fully saturated rings. The minimum atomic E-state index is -0.184. The van der Waals surface area contributed by atoms with E-state index >= 15 is 0 Å². The molecule has 130 valence electrons. The van der Waals surface area contributed by atoms with E-state index in [0.717, 1.165) is 21.5 Å². The summed E-state index contributed by atoms with van der Waals surface area (Å²) in [4.78, 5) is 6.41. The summed E-state index contributed by atoms with van der Waals surface area (Å²) in [5.74, 6) is 0.833. The Morgan fingerprint density at radius 2 is 1.56 bits per heavy atom. The quantitative estimate of drug-likeness (QED) is 0.787. The van der Waals surface area contributed by atoms with Crippen molar-refractivity contribution in [3.63, 3.8) is 0 Å². The van der Waals surface area contributed by atoms with Gasteiger partial charge in [0, 0.05) is 0 Å². The maximum atomic E-state index is 6.41. The summed E-state index contributed by atoms with van der Waals surface area (Å²) in [6.45, 7) is 6.46. The molecule has 0 aliphatic carbocycles. The summed E-state index contributed by atoms with van der Waals surface area (Å²) in [5, 5.41) is 2.05. The molecule has 0 saturated carbocycles. The van der Waals surface area contributed by atoms with Gasteiger partial charge in [0.15, 0.2) is 0 Å². The fraction of sp³-hybridized carbons (Fsp3) is 0.286. The Morgan fingerprint density at radius 3 is 2.08 bits per heavy atom. The third-order valence-corrected chi connectivity index (χ3v) is 4.76. The second-order valence-corrected chi connectivity index (χ2v) is 7.58. The molecule has 0 N–H and O–H groups in total. The van der Waals surface area contributed by atoms with Crippen LogP contribution in [0.5, 0.6) is 0 Å². The van der Waals surface area contributed by atoms with Crippen molar-refractivity contribution in [1.82, 2.24) is 5.06 Å². The molecule has 1 atom stereocenters. The molecular formula is C21H23CrNO2. The standard InChI is InChI=1S/C21H23NO2.Cr/c1-21(2,3)22-19(16-11-7-5-8-12-16)18(15-23-4)20(24-22)17-13-9-6-10-14-17;/h5-14,19H,1-4H3;. The molecule has 0 radical (unpaired) electrons. The van der Waals surface area contributed by atoms with Crippen LogP contribution in [0.2, 0.25) is 0 Å². The average Bonchev–Trinajstić information content (AvgIpc) is 3.03. The van der Waals surface area contributed by atoms with E-state index in [1.165, 1.54) is 5.56 Å². The van der Waals surface area contributed by atoms with Crippen LogP contribution in [0.4, 0.5) is 0 Å². The molecule has 0 aromatic heterocycles. The van der Waals surface area contributed by atoms with E-state index in [2.05, 4.69) is 78.1 Å². The molecule has 1 aliphatic heterocycles. The summed E-state index contributed by atoms with van der Waals surface area (Å²) in [7, 11) is 1.68. The summed E-state index contributed by atoms with van der Waals surface area (Å²) < 4.78 is 6.34. The zero-order valence-electron chi connectivity index (χ0n) is 15.0. The first-order valence-corrected chi connectivity index (χ1v) is 8.97. The summed E-state index contributed by atoms with van der Waals surface area (Å²) >= 11 is 3.07. The van der Waals surface area contributed by atoms with Gasteiger partial charge in [-0.3, -0.25) is 0 Å². The number of benzene rings is 2. The molecular weight excluding hydrogens is 350 g/mol. The van der Waals surface area contributed by atoms with Crippen LogP contribution < -0.4 is 0 Å². The number of rotatable bonds is 4. The molecule has 3 rings (SSSR count). The fourth-order valence-corrected chi connectivity index (χ4v) is 3.33. The Morgan fingerprint density at radius 1 is 1.00 bits per heavy atom. The van der Waals surface area contributed by atoms with Gasteiger partial charge in [0.1, 0.15) is 0 Å². The van der Waals surface area contributed by atoms with Crippen LogP contribution in [0, 0.1) is 0 Å². The molecule has 1 unspecified atom stereocenters. The Balaban J connectivity index is 2.21. The van der Waals surface area contributed by atoms with Crippen LogP contribution in [-0.4, -0.2) is 22.3 Å². The summed E-state index contributed by atoms with van der Waals surface area (Å²) in [6, 6.07) is 20.5. The van der Waals surface area contributed by atoms with Crippen LogP contribution in [0.3, 0.4) is 0 Å². The Kier molecular flexibility index (Phi) is 5.27. The molecule has 2 aromatic carbocycles. The summed E-state index contributed by atoms with van der Waals surface area (Å²) in [6.07, 6.45) is 0. The predicted octanol–water partition coefficient (Wildman–Crippen LogP) is 4.51. The van der Waals surface area contributed by atoms with Gasteiger partial charge >= 0.3 is 158 Å². The average molecular weight is 373 g/mol. The van der Waals surface area contributed by atoms with Gasteiger partial charge < -0.3 is 0 Å². The second kappa shape index (κ2) is 7.27. The van der Waals surface area contributed by atoms with E-state index in [4.69, 9.17) is 9.57 Å². The van der Waals surface area contributed by atoms with Gasteiger partial charge in [0.25, 0.3) is 0 Å². The molecule has 4 heteroatoms. The first kappa shape index (κ1) is 18.1. The molecule has 0 bridgehead atoms. The van der Waals surface area contributed by atoms with E-state index in [0.29, 0.717) is 0 Å². The van der Waals surface area contributed by atoms with Crippen molar-refractivity contribution in [3.05, 3.63) is 77.4 Å². The van der Waals surface area contributed by atoms with Crippen molar-refractivity contribution >= 4 is 10.3 Å². The topological polar surface area (TPSA) is 21.7 Å². The van der Waals surface area contributed by atoms with Crippen molar-refractivity contribution in [3.8, 4) is 0 Å². The van der Waals surface area contributed by atoms with E-state index in [-0.39, 0.29) is 11.6 Å². The molecule has 25 heavy (non-hydrogen) atoms. The van der Waals surface area contributed by atoms with Crippen LogP contribution >= 0.6 is 0 Å². The number of hydroxylamine groups is 2. The number of ether oxygens (including phenoxy) is 1. The Hall–Kier alpha value is -1.70. The van der Waals surface area contributed by atoms with Crippen LogP contribution in [0.1, 0.15) is 37.9 Å². The number of methoxy groups -OCH3 is 1. The van der Waals surface area contributed by atoms with Crippen molar-refractivity contribution in [1.29, 1.82) is 0 Å². The minimum absolute atomic E-state index is 0.0485. The molecule has 2 aromatic rings. The van der Waals surface area contributed by atoms with Gasteiger partial charge in [0.05, 0.1) is 0 Å². The van der Waals surface area contributed by atoms with Crippen LogP contribution in [0.25, 0.3) is 5.76 Å². The van der Waals surface area contributed by atoms with Crippen molar-refractivity contribution in [2.45, 2.75) is 32.4 Å². The number of hydrogen-bond acceptors (Lipinski definition) is 3. The van der Waals surface area contributed by atoms with E-state index in [9.17, 15) is 0 Å². The second-order valence-electron chi connectivity index (χ2n) is 7.00. The predicted molar refractivity (Wildman–Crippen MR) is 97.2 cm³/mol. The van der Waals surface area contributed by atoms with Crippen LogP contribution in [-0.2, 0) is 25.4 Å². The molecule has 1 aliphatic rings. The van der Waals surface area contributed by atoms with E-state index < -0.39 is 0 Å². The third-order valence-electron chi connectivity index (χ3n) is 4.16. The van der Waals surface area contributed by atoms with Crippen molar-refractivity contribution in [2.75, 3.05) is 7.11 Å². The summed E-state index contributed by atoms with van der Waals surface area (Å²) in [5.41, 5.74) is 3.05. The SMILES string of the molecule is CO[C](=[Cr])C1=C(c2ccccc2)ON(C(C)(C)C)C1c1ccccc1. The first-order valence-electron chi connectivity index (χ1n) is 8.33. The van der Waals surface area contributed by atoms with Gasteiger partial charge in [0.2, 0.25) is 0 Å². The fourth-order valence-electron chi connectivity index (χ4n) is 3.02. The number of nitrogens with zero attached hydrogens (tertiary/aromatic N) is 1. The Bertz CT molecular complexity index is 779. The van der Waals surface area contributed by atoms with Gasteiger partial charge in [-0.15, -0.1) is 0 Å². The van der Waals surface area contributed by atoms with Crippen LogP contribution in [0.15, 0.2) is 66.2 Å². The molecule has 0 spiro atoms. The molecule has 0 amide bonds.